The van der Waals surface area contributed by atoms with Crippen LogP contribution in [0.15, 0.2) is 30.4 Å². The molecule has 4 heteroatoms. The summed E-state index contributed by atoms with van der Waals surface area (Å²) in [6, 6.07) is 6.05. The average molecular weight is 291 g/mol. The monoisotopic (exact) mass is 290 g/mol. The molecule has 0 radical (unpaired) electrons. The Morgan fingerprint density at radius 3 is 3.05 bits per heavy atom. The molecule has 1 aromatic carbocycles. The van der Waals surface area contributed by atoms with Gasteiger partial charge in [-0.2, -0.15) is 0 Å². The van der Waals surface area contributed by atoms with Gasteiger partial charge in [-0.1, -0.05) is 30.7 Å². The van der Waals surface area contributed by atoms with Crippen molar-refractivity contribution in [1.82, 2.24) is 0 Å². The Morgan fingerprint density at radius 2 is 2.30 bits per heavy atom. The molecule has 0 bridgehead atoms. The molecule has 20 heavy (non-hydrogen) atoms. The molecule has 3 atom stereocenters. The lowest BCUT2D eigenvalue weighted by atomic mass is 9.71. The molecule has 106 valence electrons. The van der Waals surface area contributed by atoms with Crippen LogP contribution in [0.5, 0.6) is 0 Å². The molecule has 0 aliphatic heterocycles. The summed E-state index contributed by atoms with van der Waals surface area (Å²) in [4.78, 5) is 11.4. The van der Waals surface area contributed by atoms with Gasteiger partial charge in [0.15, 0.2) is 0 Å². The molecule has 0 aromatic heterocycles. The molecule has 0 heterocycles. The number of allylic oxidation sites excluding steroid dienone is 1. The second kappa shape index (κ2) is 5.49. The third-order valence-electron chi connectivity index (χ3n) is 4.27. The number of fused-ring (bicyclic) bond motifs is 1. The second-order valence-electron chi connectivity index (χ2n) is 5.58. The van der Waals surface area contributed by atoms with E-state index < -0.39 is 0 Å². The number of hydrogen-bond donors (Lipinski definition) is 2. The number of amides is 1. The Kier molecular flexibility index (Phi) is 3.70. The van der Waals surface area contributed by atoms with E-state index in [1.54, 1.807) is 0 Å². The maximum Gasteiger partial charge on any atom is 0.224 e. The highest BCUT2D eigenvalue weighted by Crippen LogP contribution is 2.44. The molecule has 3 rings (SSSR count). The van der Waals surface area contributed by atoms with Gasteiger partial charge in [0.25, 0.3) is 0 Å². The van der Waals surface area contributed by atoms with Crippen molar-refractivity contribution in [2.24, 2.45) is 11.8 Å². The van der Waals surface area contributed by atoms with Crippen LogP contribution in [0.1, 0.15) is 26.2 Å². The van der Waals surface area contributed by atoms with Crippen molar-refractivity contribution < 1.29 is 4.79 Å². The number of halogens is 1. The fraction of sp³-hybridized carbons (Fsp3) is 0.438. The number of carbonyl (C=O) groups excluding carboxylic acids is 1. The minimum atomic E-state index is 0.0145. The number of carbonyl (C=O) groups is 1. The van der Waals surface area contributed by atoms with Crippen molar-refractivity contribution in [3.05, 3.63) is 35.4 Å². The smallest absolute Gasteiger partial charge is 0.224 e. The summed E-state index contributed by atoms with van der Waals surface area (Å²) < 4.78 is 0. The fourth-order valence-corrected chi connectivity index (χ4v) is 3.22. The lowest BCUT2D eigenvalue weighted by Crippen LogP contribution is -2.43. The summed E-state index contributed by atoms with van der Waals surface area (Å²) in [7, 11) is 0. The van der Waals surface area contributed by atoms with Gasteiger partial charge in [0.1, 0.15) is 0 Å². The van der Waals surface area contributed by atoms with Crippen LogP contribution < -0.4 is 10.6 Å². The van der Waals surface area contributed by atoms with E-state index in [2.05, 4.69) is 22.8 Å². The molecule has 2 aliphatic carbocycles. The van der Waals surface area contributed by atoms with E-state index in [-0.39, 0.29) is 5.91 Å². The van der Waals surface area contributed by atoms with Crippen LogP contribution in [0.3, 0.4) is 0 Å². The largest absolute Gasteiger partial charge is 0.380 e. The summed E-state index contributed by atoms with van der Waals surface area (Å²) >= 11 is 6.24. The maximum absolute atomic E-state index is 11.4. The van der Waals surface area contributed by atoms with Gasteiger partial charge >= 0.3 is 0 Å². The molecule has 1 aromatic rings. The highest BCUT2D eigenvalue weighted by atomic mass is 35.5. The van der Waals surface area contributed by atoms with Crippen LogP contribution in [0.25, 0.3) is 0 Å². The standard InChI is InChI=1S/C16H19ClN2O/c1-2-16(20)18-11-6-7-13(17)15(9-11)19-14-8-10-4-3-5-12(10)14/h3,5-7,9-10,12,14,19H,2,4,8H2,1H3,(H,18,20). The number of rotatable bonds is 4. The minimum absolute atomic E-state index is 0.0145. The molecule has 2 N–H and O–H groups in total. The Morgan fingerprint density at radius 1 is 1.45 bits per heavy atom. The van der Waals surface area contributed by atoms with Gasteiger partial charge in [-0.25, -0.2) is 0 Å². The predicted octanol–water partition coefficient (Wildman–Crippen LogP) is 4.07. The summed E-state index contributed by atoms with van der Waals surface area (Å²) in [5.74, 6) is 1.47. The van der Waals surface area contributed by atoms with Gasteiger partial charge in [0.05, 0.1) is 10.7 Å². The average Bonchev–Trinajstić information content (AvgIpc) is 2.80. The van der Waals surface area contributed by atoms with Crippen LogP contribution in [0, 0.1) is 11.8 Å². The molecule has 3 nitrogen and oxygen atoms in total. The van der Waals surface area contributed by atoms with Crippen LogP contribution in [0.4, 0.5) is 11.4 Å². The fourth-order valence-electron chi connectivity index (χ4n) is 3.05. The van der Waals surface area contributed by atoms with Crippen molar-refractivity contribution in [3.63, 3.8) is 0 Å². The Balaban J connectivity index is 1.70. The first kappa shape index (κ1) is 13.5. The number of nitrogens with one attached hydrogen (secondary N) is 2. The second-order valence-corrected chi connectivity index (χ2v) is 5.99. The van der Waals surface area contributed by atoms with Crippen LogP contribution in [-0.2, 0) is 4.79 Å². The predicted molar refractivity (Wildman–Crippen MR) is 83.1 cm³/mol. The van der Waals surface area contributed by atoms with Gasteiger partial charge in [-0.15, -0.1) is 0 Å². The SMILES string of the molecule is CCC(=O)Nc1ccc(Cl)c(NC2CC3CC=CC32)c1. The van der Waals surface area contributed by atoms with Crippen molar-refractivity contribution in [2.75, 3.05) is 10.6 Å². The zero-order valence-electron chi connectivity index (χ0n) is 11.5. The molecule has 2 aliphatic rings. The van der Waals surface area contributed by atoms with E-state index in [1.807, 2.05) is 25.1 Å². The van der Waals surface area contributed by atoms with Gasteiger partial charge in [0, 0.05) is 24.1 Å². The lowest BCUT2D eigenvalue weighted by molar-refractivity contribution is -0.115. The quantitative estimate of drug-likeness (QED) is 0.821. The molecule has 0 saturated heterocycles. The number of benzene rings is 1. The zero-order chi connectivity index (χ0) is 14.1. The van der Waals surface area contributed by atoms with Crippen molar-refractivity contribution in [3.8, 4) is 0 Å². The third kappa shape index (κ3) is 2.55. The van der Waals surface area contributed by atoms with E-state index in [9.17, 15) is 4.79 Å². The summed E-state index contributed by atoms with van der Waals surface area (Å²) in [5, 5.41) is 7.08. The van der Waals surface area contributed by atoms with Crippen molar-refractivity contribution in [1.29, 1.82) is 0 Å². The molecular weight excluding hydrogens is 272 g/mol. The summed E-state index contributed by atoms with van der Waals surface area (Å²) in [6.07, 6.45) is 7.46. The van der Waals surface area contributed by atoms with E-state index in [1.165, 1.54) is 12.8 Å². The number of hydrogen-bond acceptors (Lipinski definition) is 2. The van der Waals surface area contributed by atoms with Gasteiger partial charge in [0.2, 0.25) is 5.91 Å². The van der Waals surface area contributed by atoms with Crippen molar-refractivity contribution in [2.45, 2.75) is 32.2 Å². The van der Waals surface area contributed by atoms with Crippen LogP contribution in [-0.4, -0.2) is 11.9 Å². The van der Waals surface area contributed by atoms with Crippen molar-refractivity contribution >= 4 is 28.9 Å². The topological polar surface area (TPSA) is 41.1 Å². The van der Waals surface area contributed by atoms with Gasteiger partial charge < -0.3 is 10.6 Å². The van der Waals surface area contributed by atoms with E-state index in [0.717, 1.165) is 17.3 Å². The van der Waals surface area contributed by atoms with E-state index in [0.29, 0.717) is 23.4 Å². The van der Waals surface area contributed by atoms with E-state index >= 15 is 0 Å². The highest BCUT2D eigenvalue weighted by molar-refractivity contribution is 6.33. The van der Waals surface area contributed by atoms with Gasteiger partial charge in [-0.3, -0.25) is 4.79 Å². The molecule has 1 amide bonds. The molecule has 3 unspecified atom stereocenters. The molecule has 1 saturated carbocycles. The minimum Gasteiger partial charge on any atom is -0.380 e. The zero-order valence-corrected chi connectivity index (χ0v) is 12.3. The molecule has 0 spiro atoms. The lowest BCUT2D eigenvalue weighted by Gasteiger charge is -2.41. The summed E-state index contributed by atoms with van der Waals surface area (Å²) in [6.45, 7) is 1.84. The van der Waals surface area contributed by atoms with E-state index in [4.69, 9.17) is 11.6 Å². The third-order valence-corrected chi connectivity index (χ3v) is 4.60. The molecule has 1 fully saturated rings. The normalized spacial score (nSPS) is 26.8. The summed E-state index contributed by atoms with van der Waals surface area (Å²) in [5.41, 5.74) is 1.70. The number of anilines is 2. The highest BCUT2D eigenvalue weighted by Gasteiger charge is 2.41. The maximum atomic E-state index is 11.4. The first-order valence-electron chi connectivity index (χ1n) is 7.20. The Bertz CT molecular complexity index is 555. The Labute approximate surface area is 124 Å². The Hall–Kier alpha value is -1.48. The first-order valence-corrected chi connectivity index (χ1v) is 7.57. The van der Waals surface area contributed by atoms with Crippen LogP contribution in [0.2, 0.25) is 5.02 Å². The first-order chi connectivity index (χ1) is 9.67. The van der Waals surface area contributed by atoms with Crippen LogP contribution >= 0.6 is 11.6 Å². The molecular formula is C16H19ClN2O. The van der Waals surface area contributed by atoms with Gasteiger partial charge in [-0.05, 0) is 37.0 Å².